The van der Waals surface area contributed by atoms with Crippen LogP contribution in [0.5, 0.6) is 0 Å². The first kappa shape index (κ1) is 24.1. The van der Waals surface area contributed by atoms with Gasteiger partial charge in [-0.1, -0.05) is 18.2 Å². The number of benzene rings is 1. The van der Waals surface area contributed by atoms with E-state index in [9.17, 15) is 9.59 Å². The molecule has 1 aromatic carbocycles. The second-order valence-electron chi connectivity index (χ2n) is 9.04. The zero-order valence-corrected chi connectivity index (χ0v) is 21.1. The molecule has 1 atom stereocenters. The molecule has 0 saturated carbocycles. The van der Waals surface area contributed by atoms with Crippen molar-refractivity contribution in [3.8, 4) is 0 Å². The van der Waals surface area contributed by atoms with Gasteiger partial charge in [0.25, 0.3) is 5.91 Å². The van der Waals surface area contributed by atoms with Crippen LogP contribution in [0.15, 0.2) is 36.5 Å². The number of nitrogens with zero attached hydrogens (tertiary/aromatic N) is 5. The summed E-state index contributed by atoms with van der Waals surface area (Å²) in [4.78, 5) is 39.4. The van der Waals surface area contributed by atoms with Crippen molar-refractivity contribution in [1.82, 2.24) is 24.3 Å². The Bertz CT molecular complexity index is 1210. The number of thiazole rings is 1. The number of likely N-dealkylation sites (N-methyl/N-ethyl adjacent to an activating group) is 1. The maximum Gasteiger partial charge on any atom is 0.269 e. The third-order valence-corrected chi connectivity index (χ3v) is 6.95. The Kier molecular flexibility index (Phi) is 7.43. The van der Waals surface area contributed by atoms with Crippen LogP contribution in [-0.4, -0.2) is 69.9 Å². The van der Waals surface area contributed by atoms with E-state index in [1.54, 1.807) is 12.3 Å². The van der Waals surface area contributed by atoms with E-state index in [2.05, 4.69) is 27.9 Å². The first-order valence-corrected chi connectivity index (χ1v) is 12.5. The number of carbonyl (C=O) groups is 2. The topological polar surface area (TPSA) is 83.4 Å². The summed E-state index contributed by atoms with van der Waals surface area (Å²) in [7, 11) is 3.96. The maximum atomic E-state index is 13.0. The lowest BCUT2D eigenvalue weighted by atomic mass is 10.1. The third kappa shape index (κ3) is 5.37. The highest BCUT2D eigenvalue weighted by Gasteiger charge is 2.27. The van der Waals surface area contributed by atoms with Crippen LogP contribution in [0.25, 0.3) is 11.0 Å². The van der Waals surface area contributed by atoms with Crippen molar-refractivity contribution < 1.29 is 9.59 Å². The number of hydrogen-bond acceptors (Lipinski definition) is 6. The van der Waals surface area contributed by atoms with E-state index < -0.39 is 0 Å². The number of hydrogen-bond donors (Lipinski definition) is 1. The smallest absolute Gasteiger partial charge is 0.269 e. The van der Waals surface area contributed by atoms with Gasteiger partial charge in [-0.15, -0.1) is 11.3 Å². The molecule has 0 spiro atoms. The van der Waals surface area contributed by atoms with E-state index in [0.29, 0.717) is 17.4 Å². The summed E-state index contributed by atoms with van der Waals surface area (Å²) in [6, 6.07) is 6.02. The van der Waals surface area contributed by atoms with Crippen LogP contribution < -0.4 is 5.32 Å². The molecule has 1 aliphatic rings. The zero-order chi connectivity index (χ0) is 24.2. The Morgan fingerprint density at radius 1 is 1.26 bits per heavy atom. The summed E-state index contributed by atoms with van der Waals surface area (Å²) >= 11 is 1.36. The van der Waals surface area contributed by atoms with Gasteiger partial charge < -0.3 is 14.4 Å². The van der Waals surface area contributed by atoms with Crippen molar-refractivity contribution in [3.63, 3.8) is 0 Å². The monoisotopic (exact) mass is 480 g/mol. The molecule has 0 aliphatic carbocycles. The number of imidazole rings is 1. The average molecular weight is 481 g/mol. The molecule has 0 unspecified atom stereocenters. The Hall–Kier alpha value is -3.04. The van der Waals surface area contributed by atoms with Crippen molar-refractivity contribution in [3.05, 3.63) is 52.0 Å². The number of aryl methyl sites for hydroxylation is 2. The molecule has 1 aliphatic heterocycles. The Morgan fingerprint density at radius 3 is 2.82 bits per heavy atom. The number of rotatable bonds is 6. The first-order chi connectivity index (χ1) is 16.3. The Morgan fingerprint density at radius 2 is 2.09 bits per heavy atom. The largest absolute Gasteiger partial charge is 0.337 e. The minimum atomic E-state index is -0.215. The van der Waals surface area contributed by atoms with Crippen molar-refractivity contribution in [2.45, 2.75) is 39.2 Å². The number of para-hydroxylation sites is 1. The minimum Gasteiger partial charge on any atom is -0.337 e. The van der Waals surface area contributed by atoms with Gasteiger partial charge >= 0.3 is 0 Å². The summed E-state index contributed by atoms with van der Waals surface area (Å²) in [6.07, 6.45) is 8.05. The standard InChI is InChI=1S/C25H32N6O2S/c1-17-9-7-11-20-23(17)31(25(27-20)28-24(33)21-15-26-18(2)34-21)19-10-5-6-14-30(16-19)22(32)12-8-13-29(3)4/h7-9,11-12,15,19H,5-6,10,13-14,16H2,1-4H3,(H,27,28,33)/b12-8+/t19-/m0/s1. The number of nitrogens with one attached hydrogen (secondary N) is 1. The normalized spacial score (nSPS) is 17.0. The van der Waals surface area contributed by atoms with Crippen LogP contribution in [0, 0.1) is 13.8 Å². The third-order valence-electron chi connectivity index (χ3n) is 6.04. The SMILES string of the molecule is Cc1ncc(C(=O)Nc2nc3cccc(C)c3n2[C@H]2CCCCN(C(=O)/C=C/CN(C)C)C2)s1. The van der Waals surface area contributed by atoms with Gasteiger partial charge in [0.15, 0.2) is 0 Å². The fourth-order valence-corrected chi connectivity index (χ4v) is 5.07. The molecule has 2 amide bonds. The molecule has 1 saturated heterocycles. The second kappa shape index (κ2) is 10.5. The van der Waals surface area contributed by atoms with Gasteiger partial charge in [0, 0.05) is 25.7 Å². The van der Waals surface area contributed by atoms with Gasteiger partial charge in [0.1, 0.15) is 4.88 Å². The van der Waals surface area contributed by atoms with Gasteiger partial charge in [0.05, 0.1) is 28.3 Å². The van der Waals surface area contributed by atoms with E-state index in [4.69, 9.17) is 4.98 Å². The predicted molar refractivity (Wildman–Crippen MR) is 136 cm³/mol. The fourth-order valence-electron chi connectivity index (χ4n) is 4.39. The van der Waals surface area contributed by atoms with Crippen molar-refractivity contribution in [1.29, 1.82) is 0 Å². The summed E-state index contributed by atoms with van der Waals surface area (Å²) in [6.45, 7) is 5.97. The minimum absolute atomic E-state index is 0.0123. The van der Waals surface area contributed by atoms with E-state index in [1.165, 1.54) is 11.3 Å². The first-order valence-electron chi connectivity index (χ1n) is 11.6. The van der Waals surface area contributed by atoms with E-state index in [1.807, 2.05) is 49.0 Å². The van der Waals surface area contributed by atoms with Gasteiger partial charge in [-0.2, -0.15) is 0 Å². The Balaban J connectivity index is 1.67. The van der Waals surface area contributed by atoms with E-state index >= 15 is 0 Å². The zero-order valence-electron chi connectivity index (χ0n) is 20.2. The number of fused-ring (bicyclic) bond motifs is 1. The van der Waals surface area contributed by atoms with Gasteiger partial charge in [-0.25, -0.2) is 9.97 Å². The van der Waals surface area contributed by atoms with Crippen molar-refractivity contribution in [2.75, 3.05) is 39.0 Å². The van der Waals surface area contributed by atoms with Gasteiger partial charge in [0.2, 0.25) is 11.9 Å². The number of aromatic nitrogens is 3. The van der Waals surface area contributed by atoms with Crippen LogP contribution in [0.4, 0.5) is 5.95 Å². The molecule has 1 N–H and O–H groups in total. The molecule has 180 valence electrons. The molecule has 0 radical (unpaired) electrons. The van der Waals surface area contributed by atoms with Crippen molar-refractivity contribution in [2.24, 2.45) is 0 Å². The molecule has 1 fully saturated rings. The molecule has 2 aromatic heterocycles. The Labute approximate surface area is 204 Å². The highest BCUT2D eigenvalue weighted by Crippen LogP contribution is 2.32. The van der Waals surface area contributed by atoms with E-state index in [-0.39, 0.29) is 17.9 Å². The molecular weight excluding hydrogens is 448 g/mol. The molecule has 4 rings (SSSR count). The quantitative estimate of drug-likeness (QED) is 0.539. The molecule has 3 aromatic rings. The molecule has 9 heteroatoms. The van der Waals surface area contributed by atoms with Gasteiger partial charge in [-0.3, -0.25) is 14.9 Å². The molecule has 34 heavy (non-hydrogen) atoms. The fraction of sp³-hybridized carbons (Fsp3) is 0.440. The number of anilines is 1. The van der Waals surface area contributed by atoms with Crippen molar-refractivity contribution >= 4 is 40.1 Å². The van der Waals surface area contributed by atoms with Gasteiger partial charge in [-0.05, 0) is 58.8 Å². The van der Waals surface area contributed by atoms with Crippen LogP contribution in [0.1, 0.15) is 45.5 Å². The summed E-state index contributed by atoms with van der Waals surface area (Å²) in [5.41, 5.74) is 2.93. The van der Waals surface area contributed by atoms with E-state index in [0.717, 1.165) is 54.0 Å². The van der Waals surface area contributed by atoms with Crippen LogP contribution in [0.3, 0.4) is 0 Å². The lowest BCUT2D eigenvalue weighted by molar-refractivity contribution is -0.126. The number of likely N-dealkylation sites (tertiary alicyclic amines) is 1. The second-order valence-corrected chi connectivity index (χ2v) is 10.3. The van der Waals surface area contributed by atoms with Crippen LogP contribution in [-0.2, 0) is 4.79 Å². The highest BCUT2D eigenvalue weighted by atomic mass is 32.1. The number of amides is 2. The lowest BCUT2D eigenvalue weighted by Crippen LogP contribution is -2.34. The molecule has 3 heterocycles. The van der Waals surface area contributed by atoms with Crippen LogP contribution in [0.2, 0.25) is 0 Å². The summed E-state index contributed by atoms with van der Waals surface area (Å²) in [5, 5.41) is 3.87. The lowest BCUT2D eigenvalue weighted by Gasteiger charge is -2.26. The highest BCUT2D eigenvalue weighted by molar-refractivity contribution is 7.13. The molecular formula is C25H32N6O2S. The summed E-state index contributed by atoms with van der Waals surface area (Å²) in [5.74, 6) is 0.330. The molecule has 0 bridgehead atoms. The number of carbonyl (C=O) groups excluding carboxylic acids is 2. The maximum absolute atomic E-state index is 13.0. The predicted octanol–water partition coefficient (Wildman–Crippen LogP) is 4.03. The molecule has 8 nitrogen and oxygen atoms in total. The summed E-state index contributed by atoms with van der Waals surface area (Å²) < 4.78 is 2.13. The average Bonchev–Trinajstić information content (AvgIpc) is 3.29. The van der Waals surface area contributed by atoms with Crippen LogP contribution >= 0.6 is 11.3 Å².